The maximum absolute atomic E-state index is 5.50. The van der Waals surface area contributed by atoms with E-state index in [2.05, 4.69) is 0 Å². The normalized spacial score (nSPS) is 8.95. The Morgan fingerprint density at radius 2 is 0.895 bits per heavy atom. The van der Waals surface area contributed by atoms with E-state index >= 15 is 0 Å². The van der Waals surface area contributed by atoms with Gasteiger partial charge < -0.3 is 22.9 Å². The second-order valence-electron chi connectivity index (χ2n) is 4.26. The first-order valence-corrected chi connectivity index (χ1v) is 5.63. The van der Waals surface area contributed by atoms with Crippen molar-refractivity contribution in [2.24, 2.45) is 0 Å². The Morgan fingerprint density at radius 3 is 1.11 bits per heavy atom. The molecule has 0 aliphatic rings. The predicted molar refractivity (Wildman–Crippen MR) is 80.0 cm³/mol. The van der Waals surface area contributed by atoms with E-state index in [0.717, 1.165) is 11.1 Å². The van der Waals surface area contributed by atoms with Gasteiger partial charge in [-0.05, 0) is 49.2 Å². The number of nitrogens with two attached hydrogens (primary N) is 4. The van der Waals surface area contributed by atoms with E-state index in [9.17, 15) is 0 Å². The maximum Gasteiger partial charge on any atom is 0.0550 e. The molecule has 19 heavy (non-hydrogen) atoms. The van der Waals surface area contributed by atoms with Crippen molar-refractivity contribution in [3.05, 3.63) is 47.5 Å². The summed E-state index contributed by atoms with van der Waals surface area (Å²) < 4.78 is 0. The van der Waals surface area contributed by atoms with Gasteiger partial charge in [-0.2, -0.15) is 0 Å². The minimum absolute atomic E-state index is 0. The number of benzene rings is 2. The number of hydrogen-bond donors (Lipinski definition) is 4. The minimum atomic E-state index is 0. The molecule has 5 heteroatoms. The molecule has 0 saturated carbocycles. The van der Waals surface area contributed by atoms with Crippen LogP contribution in [0.5, 0.6) is 0 Å². The van der Waals surface area contributed by atoms with E-state index in [1.807, 2.05) is 50.2 Å². The van der Waals surface area contributed by atoms with Gasteiger partial charge in [-0.3, -0.25) is 0 Å². The third-order valence-electron chi connectivity index (χ3n) is 2.48. The number of hydrogen-bond acceptors (Lipinski definition) is 4. The molecule has 0 aliphatic heterocycles. The zero-order valence-corrected chi connectivity index (χ0v) is 14.4. The molecular weight excluding hydrogens is 290 g/mol. The summed E-state index contributed by atoms with van der Waals surface area (Å²) in [6.07, 6.45) is 0. The Labute approximate surface area is 126 Å². The van der Waals surface area contributed by atoms with E-state index in [0.29, 0.717) is 22.7 Å². The summed E-state index contributed by atoms with van der Waals surface area (Å²) in [6, 6.07) is 11.2. The molecule has 98 valence electrons. The molecule has 2 aromatic carbocycles. The fraction of sp³-hybridized carbons (Fsp3) is 0.143. The van der Waals surface area contributed by atoms with Crippen LogP contribution in [0.1, 0.15) is 11.1 Å². The van der Waals surface area contributed by atoms with Gasteiger partial charge in [-0.15, -0.1) is 0 Å². The first-order chi connectivity index (χ1) is 8.40. The molecule has 2 rings (SSSR count). The maximum atomic E-state index is 5.50. The minimum Gasteiger partial charge on any atom is -0.397 e. The molecule has 0 atom stereocenters. The van der Waals surface area contributed by atoms with Gasteiger partial charge in [0, 0.05) is 19.5 Å². The number of aryl methyl sites for hydroxylation is 2. The van der Waals surface area contributed by atoms with E-state index < -0.39 is 0 Å². The Balaban J connectivity index is 0.000000324. The number of rotatable bonds is 0. The first-order valence-electron chi connectivity index (χ1n) is 5.63. The average Bonchev–Trinajstić information content (AvgIpc) is 2.30. The molecule has 4 nitrogen and oxygen atoms in total. The quantitative estimate of drug-likeness (QED) is 0.443. The molecule has 0 heterocycles. The molecule has 0 radical (unpaired) electrons. The van der Waals surface area contributed by atoms with Crippen molar-refractivity contribution >= 4 is 22.7 Å². The van der Waals surface area contributed by atoms with Crippen LogP contribution in [0.25, 0.3) is 0 Å². The molecular formula is C14H20N4Zn. The van der Waals surface area contributed by atoms with Crippen molar-refractivity contribution in [3.8, 4) is 0 Å². The van der Waals surface area contributed by atoms with E-state index in [1.54, 1.807) is 0 Å². The Bertz CT molecular complexity index is 491. The molecule has 8 N–H and O–H groups in total. The summed E-state index contributed by atoms with van der Waals surface area (Å²) in [5, 5.41) is 0. The molecule has 0 aliphatic carbocycles. The third-order valence-corrected chi connectivity index (χ3v) is 2.48. The summed E-state index contributed by atoms with van der Waals surface area (Å²) >= 11 is 0. The van der Waals surface area contributed by atoms with Gasteiger partial charge in [-0.25, -0.2) is 0 Å². The van der Waals surface area contributed by atoms with Gasteiger partial charge in [0.05, 0.1) is 22.7 Å². The average molecular weight is 310 g/mol. The van der Waals surface area contributed by atoms with E-state index in [4.69, 9.17) is 22.9 Å². The summed E-state index contributed by atoms with van der Waals surface area (Å²) in [5.41, 5.74) is 26.8. The smallest absolute Gasteiger partial charge is 0.0550 e. The van der Waals surface area contributed by atoms with Crippen LogP contribution in [0, 0.1) is 13.8 Å². The molecule has 0 aromatic heterocycles. The zero-order chi connectivity index (χ0) is 13.7. The summed E-state index contributed by atoms with van der Waals surface area (Å²) in [7, 11) is 0. The largest absolute Gasteiger partial charge is 0.397 e. The fourth-order valence-electron chi connectivity index (χ4n) is 1.39. The first kappa shape index (κ1) is 17.3. The van der Waals surface area contributed by atoms with Gasteiger partial charge in [0.2, 0.25) is 0 Å². The van der Waals surface area contributed by atoms with Crippen molar-refractivity contribution in [2.45, 2.75) is 13.8 Å². The number of anilines is 4. The summed E-state index contributed by atoms with van der Waals surface area (Å²) in [4.78, 5) is 0. The van der Waals surface area contributed by atoms with Crippen LogP contribution in [0.15, 0.2) is 36.4 Å². The monoisotopic (exact) mass is 308 g/mol. The van der Waals surface area contributed by atoms with E-state index in [1.165, 1.54) is 0 Å². The standard InChI is InChI=1S/2C7H10N2.Zn/c2*1-5-2-3-6(8)7(9)4-5;/h2*2-4H,8-9H2,1H3;. The second-order valence-corrected chi connectivity index (χ2v) is 4.26. The molecule has 0 saturated heterocycles. The Hall–Kier alpha value is -1.74. The zero-order valence-electron chi connectivity index (χ0n) is 11.5. The topological polar surface area (TPSA) is 104 Å². The Kier molecular flexibility index (Phi) is 6.95. The third kappa shape index (κ3) is 5.62. The van der Waals surface area contributed by atoms with Crippen LogP contribution >= 0.6 is 0 Å². The van der Waals surface area contributed by atoms with Gasteiger partial charge in [0.15, 0.2) is 0 Å². The Morgan fingerprint density at radius 1 is 0.579 bits per heavy atom. The van der Waals surface area contributed by atoms with Crippen molar-refractivity contribution in [2.75, 3.05) is 22.9 Å². The second kappa shape index (κ2) is 7.64. The van der Waals surface area contributed by atoms with Crippen LogP contribution in [0.2, 0.25) is 0 Å². The van der Waals surface area contributed by atoms with Crippen LogP contribution in [-0.4, -0.2) is 0 Å². The van der Waals surface area contributed by atoms with Gasteiger partial charge >= 0.3 is 0 Å². The van der Waals surface area contributed by atoms with Crippen LogP contribution in [-0.2, 0) is 19.5 Å². The van der Waals surface area contributed by atoms with Crippen LogP contribution in [0.3, 0.4) is 0 Å². The van der Waals surface area contributed by atoms with Crippen LogP contribution < -0.4 is 22.9 Å². The van der Waals surface area contributed by atoms with E-state index in [-0.39, 0.29) is 19.5 Å². The molecule has 0 spiro atoms. The SMILES string of the molecule is Cc1ccc(N)c(N)c1.Cc1ccc(N)c(N)c1.[Zn]. The molecule has 0 bridgehead atoms. The fourth-order valence-corrected chi connectivity index (χ4v) is 1.39. The van der Waals surface area contributed by atoms with Gasteiger partial charge in [-0.1, -0.05) is 12.1 Å². The molecule has 0 unspecified atom stereocenters. The van der Waals surface area contributed by atoms with Crippen LogP contribution in [0.4, 0.5) is 22.7 Å². The van der Waals surface area contributed by atoms with Gasteiger partial charge in [0.1, 0.15) is 0 Å². The molecule has 2 aromatic rings. The molecule has 0 fully saturated rings. The van der Waals surface area contributed by atoms with Gasteiger partial charge in [0.25, 0.3) is 0 Å². The van der Waals surface area contributed by atoms with Crippen molar-refractivity contribution in [1.82, 2.24) is 0 Å². The predicted octanol–water partition coefficient (Wildman–Crippen LogP) is 2.32. The summed E-state index contributed by atoms with van der Waals surface area (Å²) in [5.74, 6) is 0. The summed E-state index contributed by atoms with van der Waals surface area (Å²) in [6.45, 7) is 3.96. The molecule has 0 amide bonds. The van der Waals surface area contributed by atoms with Crippen molar-refractivity contribution in [1.29, 1.82) is 0 Å². The van der Waals surface area contributed by atoms with Crippen molar-refractivity contribution < 1.29 is 19.5 Å². The van der Waals surface area contributed by atoms with Crippen molar-refractivity contribution in [3.63, 3.8) is 0 Å². The number of nitrogen functional groups attached to an aromatic ring is 4.